The van der Waals surface area contributed by atoms with E-state index in [1.165, 1.54) is 0 Å². The van der Waals surface area contributed by atoms with E-state index in [0.717, 1.165) is 0 Å². The van der Waals surface area contributed by atoms with Gasteiger partial charge in [-0.2, -0.15) is 4.98 Å². The third-order valence-electron chi connectivity index (χ3n) is 1.84. The summed E-state index contributed by atoms with van der Waals surface area (Å²) in [4.78, 5) is 12.1. The molecule has 7 heteroatoms. The SMILES string of the molecule is COc1cnc(NCc2noc(C)n2)nc1. The van der Waals surface area contributed by atoms with Gasteiger partial charge in [0.1, 0.15) is 0 Å². The molecule has 2 aromatic rings. The second-order valence-corrected chi connectivity index (χ2v) is 3.03. The molecule has 2 rings (SSSR count). The van der Waals surface area contributed by atoms with Crippen molar-refractivity contribution in [2.45, 2.75) is 13.5 Å². The predicted molar refractivity (Wildman–Crippen MR) is 54.9 cm³/mol. The van der Waals surface area contributed by atoms with Crippen molar-refractivity contribution < 1.29 is 9.26 Å². The number of hydrogen-bond donors (Lipinski definition) is 1. The predicted octanol–water partition coefficient (Wildman–Crippen LogP) is 0.789. The Morgan fingerprint density at radius 3 is 2.69 bits per heavy atom. The number of anilines is 1. The molecular formula is C9H11N5O2. The van der Waals surface area contributed by atoms with Crippen LogP contribution in [-0.4, -0.2) is 27.2 Å². The largest absolute Gasteiger partial charge is 0.494 e. The zero-order valence-electron chi connectivity index (χ0n) is 8.97. The van der Waals surface area contributed by atoms with E-state index in [4.69, 9.17) is 9.26 Å². The van der Waals surface area contributed by atoms with Crippen LogP contribution in [0.25, 0.3) is 0 Å². The Hall–Kier alpha value is -2.18. The van der Waals surface area contributed by atoms with E-state index >= 15 is 0 Å². The Morgan fingerprint density at radius 1 is 1.38 bits per heavy atom. The molecule has 2 heterocycles. The van der Waals surface area contributed by atoms with Gasteiger partial charge >= 0.3 is 0 Å². The molecule has 2 aromatic heterocycles. The maximum atomic E-state index is 4.94. The van der Waals surface area contributed by atoms with Crippen LogP contribution in [0.3, 0.4) is 0 Å². The molecular weight excluding hydrogens is 210 g/mol. The molecule has 84 valence electrons. The standard InChI is InChI=1S/C9H11N5O2/c1-6-13-8(14-16-6)5-12-9-10-3-7(15-2)4-11-9/h3-4H,5H2,1-2H3,(H,10,11,12). The number of hydrogen-bond acceptors (Lipinski definition) is 7. The molecule has 0 fully saturated rings. The summed E-state index contributed by atoms with van der Waals surface area (Å²) in [7, 11) is 1.56. The molecule has 0 saturated heterocycles. The number of aryl methyl sites for hydroxylation is 1. The minimum atomic E-state index is 0.420. The summed E-state index contributed by atoms with van der Waals surface area (Å²) in [6, 6.07) is 0. The average molecular weight is 221 g/mol. The maximum absolute atomic E-state index is 4.94. The molecule has 0 atom stereocenters. The van der Waals surface area contributed by atoms with Gasteiger partial charge in [-0.1, -0.05) is 5.16 Å². The Bertz CT molecular complexity index is 453. The van der Waals surface area contributed by atoms with Gasteiger partial charge < -0.3 is 14.6 Å². The average Bonchev–Trinajstić information content (AvgIpc) is 2.73. The molecule has 0 aromatic carbocycles. The van der Waals surface area contributed by atoms with Crippen molar-refractivity contribution in [3.63, 3.8) is 0 Å². The van der Waals surface area contributed by atoms with Crippen LogP contribution in [0.4, 0.5) is 5.95 Å². The summed E-state index contributed by atoms with van der Waals surface area (Å²) in [5.41, 5.74) is 0. The van der Waals surface area contributed by atoms with E-state index in [1.54, 1.807) is 26.4 Å². The van der Waals surface area contributed by atoms with Gasteiger partial charge in [0.05, 0.1) is 26.0 Å². The van der Waals surface area contributed by atoms with Crippen LogP contribution in [0.5, 0.6) is 5.75 Å². The Kier molecular flexibility index (Phi) is 2.95. The fraction of sp³-hybridized carbons (Fsp3) is 0.333. The second kappa shape index (κ2) is 4.56. The third kappa shape index (κ3) is 2.44. The van der Waals surface area contributed by atoms with Crippen molar-refractivity contribution >= 4 is 5.95 Å². The molecule has 0 aliphatic rings. The Morgan fingerprint density at radius 2 is 2.12 bits per heavy atom. The first-order valence-electron chi connectivity index (χ1n) is 4.67. The lowest BCUT2D eigenvalue weighted by atomic mass is 10.5. The zero-order valence-corrected chi connectivity index (χ0v) is 8.97. The number of nitrogens with zero attached hydrogens (tertiary/aromatic N) is 4. The van der Waals surface area contributed by atoms with E-state index in [-0.39, 0.29) is 0 Å². The molecule has 16 heavy (non-hydrogen) atoms. The van der Waals surface area contributed by atoms with Crippen LogP contribution in [0, 0.1) is 6.92 Å². The molecule has 0 amide bonds. The smallest absolute Gasteiger partial charge is 0.223 e. The van der Waals surface area contributed by atoms with Gasteiger partial charge in [-0.25, -0.2) is 9.97 Å². The highest BCUT2D eigenvalue weighted by molar-refractivity contribution is 5.27. The lowest BCUT2D eigenvalue weighted by Gasteiger charge is -2.02. The number of ether oxygens (including phenoxy) is 1. The zero-order chi connectivity index (χ0) is 11.4. The summed E-state index contributed by atoms with van der Waals surface area (Å²) >= 11 is 0. The van der Waals surface area contributed by atoms with Crippen LogP contribution < -0.4 is 10.1 Å². The van der Waals surface area contributed by atoms with Gasteiger partial charge in [-0.3, -0.25) is 0 Å². The van der Waals surface area contributed by atoms with Crippen molar-refractivity contribution in [2.24, 2.45) is 0 Å². The van der Waals surface area contributed by atoms with Gasteiger partial charge in [0.15, 0.2) is 11.6 Å². The third-order valence-corrected chi connectivity index (χ3v) is 1.84. The second-order valence-electron chi connectivity index (χ2n) is 3.03. The van der Waals surface area contributed by atoms with Gasteiger partial charge in [-0.15, -0.1) is 0 Å². The fourth-order valence-electron chi connectivity index (χ4n) is 1.08. The lowest BCUT2D eigenvalue weighted by molar-refractivity contribution is 0.388. The minimum Gasteiger partial charge on any atom is -0.494 e. The quantitative estimate of drug-likeness (QED) is 0.816. The van der Waals surface area contributed by atoms with Gasteiger partial charge in [0.2, 0.25) is 11.8 Å². The number of aromatic nitrogens is 4. The first-order valence-corrected chi connectivity index (χ1v) is 4.67. The highest BCUT2D eigenvalue weighted by Gasteiger charge is 2.02. The van der Waals surface area contributed by atoms with E-state index in [9.17, 15) is 0 Å². The molecule has 7 nitrogen and oxygen atoms in total. The van der Waals surface area contributed by atoms with Crippen molar-refractivity contribution in [3.05, 3.63) is 24.1 Å². The molecule has 1 N–H and O–H groups in total. The first-order chi connectivity index (χ1) is 7.78. The fourth-order valence-corrected chi connectivity index (χ4v) is 1.08. The molecule has 0 aliphatic heterocycles. The number of rotatable bonds is 4. The van der Waals surface area contributed by atoms with Gasteiger partial charge in [0.25, 0.3) is 0 Å². The summed E-state index contributed by atoms with van der Waals surface area (Å²) < 4.78 is 9.77. The Labute approximate surface area is 91.9 Å². The van der Waals surface area contributed by atoms with Gasteiger partial charge in [-0.05, 0) is 0 Å². The van der Waals surface area contributed by atoms with E-state index in [2.05, 4.69) is 25.4 Å². The highest BCUT2D eigenvalue weighted by atomic mass is 16.5. The summed E-state index contributed by atoms with van der Waals surface area (Å²) in [5, 5.41) is 6.70. The monoisotopic (exact) mass is 221 g/mol. The molecule has 0 spiro atoms. The van der Waals surface area contributed by atoms with Gasteiger partial charge in [0, 0.05) is 6.92 Å². The van der Waals surface area contributed by atoms with Crippen LogP contribution in [0.2, 0.25) is 0 Å². The van der Waals surface area contributed by atoms with Crippen molar-refractivity contribution in [1.82, 2.24) is 20.1 Å². The highest BCUT2D eigenvalue weighted by Crippen LogP contribution is 2.07. The summed E-state index contributed by atoms with van der Waals surface area (Å²) in [6.07, 6.45) is 3.16. The first kappa shape index (κ1) is 10.3. The lowest BCUT2D eigenvalue weighted by Crippen LogP contribution is -2.04. The van der Waals surface area contributed by atoms with Crippen LogP contribution in [0.15, 0.2) is 16.9 Å². The van der Waals surface area contributed by atoms with E-state index < -0.39 is 0 Å². The number of nitrogens with one attached hydrogen (secondary N) is 1. The van der Waals surface area contributed by atoms with Crippen LogP contribution >= 0.6 is 0 Å². The maximum Gasteiger partial charge on any atom is 0.223 e. The summed E-state index contributed by atoms with van der Waals surface area (Å²) in [5.74, 6) is 2.20. The van der Waals surface area contributed by atoms with E-state index in [1.807, 2.05) is 0 Å². The molecule has 0 aliphatic carbocycles. The van der Waals surface area contributed by atoms with Crippen molar-refractivity contribution in [1.29, 1.82) is 0 Å². The van der Waals surface area contributed by atoms with Crippen LogP contribution in [0.1, 0.15) is 11.7 Å². The molecule has 0 radical (unpaired) electrons. The van der Waals surface area contributed by atoms with E-state index in [0.29, 0.717) is 30.0 Å². The topological polar surface area (TPSA) is 86.0 Å². The minimum absolute atomic E-state index is 0.420. The van der Waals surface area contributed by atoms with Crippen molar-refractivity contribution in [3.8, 4) is 5.75 Å². The Balaban J connectivity index is 1.94. The summed E-state index contributed by atoms with van der Waals surface area (Å²) in [6.45, 7) is 2.16. The molecule has 0 saturated carbocycles. The molecule has 0 bridgehead atoms. The normalized spacial score (nSPS) is 10.1. The van der Waals surface area contributed by atoms with Crippen LogP contribution in [-0.2, 0) is 6.54 Å². The van der Waals surface area contributed by atoms with Crippen molar-refractivity contribution in [2.75, 3.05) is 12.4 Å². The molecule has 0 unspecified atom stereocenters. The number of methoxy groups -OCH3 is 1.